The summed E-state index contributed by atoms with van der Waals surface area (Å²) >= 11 is 6.69. The van der Waals surface area contributed by atoms with Gasteiger partial charge >= 0.3 is 0 Å². The van der Waals surface area contributed by atoms with Crippen molar-refractivity contribution in [2.45, 2.75) is 0 Å². The fourth-order valence-electron chi connectivity index (χ4n) is 0.953. The highest BCUT2D eigenvalue weighted by Gasteiger charge is 2.10. The summed E-state index contributed by atoms with van der Waals surface area (Å²) in [6.07, 6.45) is 4.78. The van der Waals surface area contributed by atoms with Crippen molar-refractivity contribution in [1.29, 1.82) is 0 Å². The van der Waals surface area contributed by atoms with E-state index in [1.165, 1.54) is 6.33 Å². The van der Waals surface area contributed by atoms with Crippen LogP contribution in [-0.4, -0.2) is 9.97 Å². The molecule has 0 aliphatic carbocycles. The second-order valence-electron chi connectivity index (χ2n) is 2.32. The minimum Gasteiger partial charge on any atom is -0.463 e. The third-order valence-corrected chi connectivity index (χ3v) is 2.78. The molecule has 2 heterocycles. The molecule has 0 aromatic carbocycles. The van der Waals surface area contributed by atoms with Crippen LogP contribution in [0.25, 0.3) is 11.3 Å². The molecule has 0 N–H and O–H groups in total. The van der Waals surface area contributed by atoms with Crippen molar-refractivity contribution in [1.82, 2.24) is 9.97 Å². The number of halogens is 2. The highest BCUT2D eigenvalue weighted by atomic mass is 79.9. The molecule has 0 bridgehead atoms. The average molecular weight is 304 g/mol. The summed E-state index contributed by atoms with van der Waals surface area (Å²) in [5.74, 6) is 0.729. The lowest BCUT2D eigenvalue weighted by molar-refractivity contribution is 0.580. The van der Waals surface area contributed by atoms with E-state index in [1.807, 2.05) is 6.07 Å². The van der Waals surface area contributed by atoms with Crippen molar-refractivity contribution >= 4 is 31.9 Å². The van der Waals surface area contributed by atoms with Gasteiger partial charge < -0.3 is 4.42 Å². The van der Waals surface area contributed by atoms with Crippen molar-refractivity contribution in [3.8, 4) is 11.3 Å². The molecule has 2 rings (SSSR count). The Morgan fingerprint density at radius 1 is 1.31 bits per heavy atom. The molecular formula is C8H4Br2N2O. The molecule has 2 aromatic heterocycles. The molecular weight excluding hydrogens is 300 g/mol. The van der Waals surface area contributed by atoms with Crippen LogP contribution in [0, 0.1) is 0 Å². The molecule has 66 valence electrons. The molecule has 0 unspecified atom stereocenters. The molecule has 0 fully saturated rings. The van der Waals surface area contributed by atoms with Crippen LogP contribution in [0.2, 0.25) is 0 Å². The van der Waals surface area contributed by atoms with E-state index < -0.39 is 0 Å². The summed E-state index contributed by atoms with van der Waals surface area (Å²) in [7, 11) is 0. The first-order valence-electron chi connectivity index (χ1n) is 3.48. The van der Waals surface area contributed by atoms with E-state index in [0.717, 1.165) is 20.4 Å². The molecule has 13 heavy (non-hydrogen) atoms. The Morgan fingerprint density at radius 3 is 2.77 bits per heavy atom. The van der Waals surface area contributed by atoms with Gasteiger partial charge in [0.05, 0.1) is 16.3 Å². The Balaban J connectivity index is 2.59. The van der Waals surface area contributed by atoms with E-state index in [9.17, 15) is 0 Å². The van der Waals surface area contributed by atoms with Gasteiger partial charge in [0.2, 0.25) is 0 Å². The number of hydrogen-bond donors (Lipinski definition) is 0. The van der Waals surface area contributed by atoms with E-state index in [1.54, 1.807) is 12.5 Å². The highest BCUT2D eigenvalue weighted by molar-refractivity contribution is 9.11. The van der Waals surface area contributed by atoms with Crippen LogP contribution in [0.4, 0.5) is 0 Å². The van der Waals surface area contributed by atoms with Crippen LogP contribution in [0.1, 0.15) is 0 Å². The van der Waals surface area contributed by atoms with E-state index in [0.29, 0.717) is 0 Å². The molecule has 2 aromatic rings. The molecule has 0 atom stereocenters. The molecule has 0 aliphatic rings. The van der Waals surface area contributed by atoms with Crippen LogP contribution < -0.4 is 0 Å². The van der Waals surface area contributed by atoms with Gasteiger partial charge in [0.25, 0.3) is 0 Å². The fraction of sp³-hybridized carbons (Fsp3) is 0. The number of nitrogens with zero attached hydrogens (tertiary/aromatic N) is 2. The van der Waals surface area contributed by atoms with Crippen LogP contribution in [0.5, 0.6) is 0 Å². The molecule has 3 nitrogen and oxygen atoms in total. The summed E-state index contributed by atoms with van der Waals surface area (Å²) in [6, 6.07) is 1.83. The van der Waals surface area contributed by atoms with Crippen molar-refractivity contribution in [3.63, 3.8) is 0 Å². The van der Waals surface area contributed by atoms with Crippen molar-refractivity contribution in [3.05, 3.63) is 33.9 Å². The highest BCUT2D eigenvalue weighted by Crippen LogP contribution is 2.32. The Kier molecular flexibility index (Phi) is 2.46. The zero-order valence-corrected chi connectivity index (χ0v) is 9.54. The molecule has 0 saturated heterocycles. The van der Waals surface area contributed by atoms with Crippen LogP contribution >= 0.6 is 31.9 Å². The third-order valence-electron chi connectivity index (χ3n) is 1.53. The number of rotatable bonds is 1. The lowest BCUT2D eigenvalue weighted by Gasteiger charge is -1.98. The van der Waals surface area contributed by atoms with Gasteiger partial charge in [0.15, 0.2) is 5.76 Å². The zero-order valence-electron chi connectivity index (χ0n) is 6.37. The molecule has 0 aliphatic heterocycles. The normalized spacial score (nSPS) is 10.3. The smallest absolute Gasteiger partial charge is 0.152 e. The largest absolute Gasteiger partial charge is 0.463 e. The molecule has 5 heteroatoms. The molecule has 0 spiro atoms. The monoisotopic (exact) mass is 302 g/mol. The Labute approximate surface area is 91.5 Å². The minimum absolute atomic E-state index is 0.721. The number of furan rings is 1. The summed E-state index contributed by atoms with van der Waals surface area (Å²) in [6.45, 7) is 0. The summed E-state index contributed by atoms with van der Waals surface area (Å²) < 4.78 is 6.89. The average Bonchev–Trinajstić information content (AvgIpc) is 2.52. The van der Waals surface area contributed by atoms with E-state index in [2.05, 4.69) is 41.8 Å². The fourth-order valence-corrected chi connectivity index (χ4v) is 1.74. The maximum Gasteiger partial charge on any atom is 0.152 e. The second kappa shape index (κ2) is 3.59. The SMILES string of the molecule is Brc1ccoc1-c1cncnc1Br. The standard InChI is InChI=1S/C8H4Br2N2O/c9-6-1-2-13-7(6)5-3-11-4-12-8(5)10/h1-4H. The number of hydrogen-bond acceptors (Lipinski definition) is 3. The zero-order chi connectivity index (χ0) is 9.26. The Morgan fingerprint density at radius 2 is 2.15 bits per heavy atom. The van der Waals surface area contributed by atoms with E-state index in [-0.39, 0.29) is 0 Å². The first-order chi connectivity index (χ1) is 6.29. The first-order valence-corrected chi connectivity index (χ1v) is 5.06. The van der Waals surface area contributed by atoms with Crippen molar-refractivity contribution in [2.75, 3.05) is 0 Å². The maximum absolute atomic E-state index is 5.27. The summed E-state index contributed by atoms with van der Waals surface area (Å²) in [4.78, 5) is 7.92. The van der Waals surface area contributed by atoms with Crippen molar-refractivity contribution < 1.29 is 4.42 Å². The lowest BCUT2D eigenvalue weighted by atomic mass is 10.3. The van der Waals surface area contributed by atoms with Crippen LogP contribution in [0.3, 0.4) is 0 Å². The molecule has 0 saturated carbocycles. The first kappa shape index (κ1) is 8.90. The Hall–Kier alpha value is -0.680. The topological polar surface area (TPSA) is 38.9 Å². The van der Waals surface area contributed by atoms with Gasteiger partial charge in [-0.3, -0.25) is 0 Å². The quantitative estimate of drug-likeness (QED) is 0.759. The van der Waals surface area contributed by atoms with Gasteiger partial charge in [0.1, 0.15) is 10.9 Å². The summed E-state index contributed by atoms with van der Waals surface area (Å²) in [5, 5.41) is 0. The van der Waals surface area contributed by atoms with Gasteiger partial charge in [-0.2, -0.15) is 0 Å². The van der Waals surface area contributed by atoms with E-state index >= 15 is 0 Å². The third kappa shape index (κ3) is 1.66. The Bertz CT molecular complexity index is 428. The second-order valence-corrected chi connectivity index (χ2v) is 3.93. The van der Waals surface area contributed by atoms with Gasteiger partial charge in [-0.1, -0.05) is 0 Å². The number of aromatic nitrogens is 2. The van der Waals surface area contributed by atoms with Crippen LogP contribution in [-0.2, 0) is 0 Å². The minimum atomic E-state index is 0.721. The van der Waals surface area contributed by atoms with Gasteiger partial charge in [-0.25, -0.2) is 9.97 Å². The van der Waals surface area contributed by atoms with Crippen molar-refractivity contribution in [2.24, 2.45) is 0 Å². The summed E-state index contributed by atoms with van der Waals surface area (Å²) in [5.41, 5.74) is 0.833. The maximum atomic E-state index is 5.27. The molecule has 0 amide bonds. The van der Waals surface area contributed by atoms with Crippen LogP contribution in [0.15, 0.2) is 38.3 Å². The lowest BCUT2D eigenvalue weighted by Crippen LogP contribution is -1.83. The predicted octanol–water partition coefficient (Wildman–Crippen LogP) is 3.26. The van der Waals surface area contributed by atoms with E-state index in [4.69, 9.17) is 4.42 Å². The van der Waals surface area contributed by atoms with Gasteiger partial charge in [-0.15, -0.1) is 0 Å². The van der Waals surface area contributed by atoms with Gasteiger partial charge in [0, 0.05) is 6.20 Å². The van der Waals surface area contributed by atoms with Gasteiger partial charge in [-0.05, 0) is 37.9 Å². The molecule has 0 radical (unpaired) electrons. The predicted molar refractivity (Wildman–Crippen MR) is 55.1 cm³/mol.